The van der Waals surface area contributed by atoms with E-state index < -0.39 is 0 Å². The molecule has 0 spiro atoms. The highest BCUT2D eigenvalue weighted by Crippen LogP contribution is 2.08. The minimum atomic E-state index is 0.341. The lowest BCUT2D eigenvalue weighted by atomic mass is 10.2. The van der Waals surface area contributed by atoms with Crippen molar-refractivity contribution in [3.63, 3.8) is 0 Å². The molecule has 64 valence electrons. The molecule has 1 heterocycles. The number of likely N-dealkylation sites (tertiary alicyclic amines) is 1. The first kappa shape index (κ1) is 8.65. The lowest BCUT2D eigenvalue weighted by molar-refractivity contribution is 0.424. The smallest absolute Gasteiger partial charge is 0.205 e. The monoisotopic (exact) mass is 175 g/mol. The number of hydrogen-bond acceptors (Lipinski definition) is 1. The van der Waals surface area contributed by atoms with Crippen LogP contribution in [0.4, 0.5) is 0 Å². The van der Waals surface area contributed by atoms with Crippen molar-refractivity contribution < 1.29 is 0 Å². The molecule has 0 aliphatic carbocycles. The predicted molar refractivity (Wildman–Crippen MR) is 46.8 cm³/mol. The van der Waals surface area contributed by atoms with Gasteiger partial charge in [-0.05, 0) is 12.8 Å². The van der Waals surface area contributed by atoms with Crippen LogP contribution in [0.5, 0.6) is 0 Å². The lowest BCUT2D eigenvalue weighted by Crippen LogP contribution is -2.37. The fourth-order valence-electron chi connectivity index (χ4n) is 1.35. The highest BCUT2D eigenvalue weighted by atomic mass is 35.5. The van der Waals surface area contributed by atoms with Gasteiger partial charge in [-0.3, -0.25) is 10.2 Å². The Kier molecular flexibility index (Phi) is 3.49. The van der Waals surface area contributed by atoms with E-state index in [1.54, 1.807) is 0 Å². The van der Waals surface area contributed by atoms with Crippen molar-refractivity contribution in [3.05, 3.63) is 0 Å². The van der Waals surface area contributed by atoms with E-state index in [4.69, 9.17) is 17.2 Å². The Balaban J connectivity index is 2.36. The summed E-state index contributed by atoms with van der Waals surface area (Å²) in [5, 5.41) is 7.41. The molecular weight excluding hydrogens is 162 g/mol. The molecule has 11 heavy (non-hydrogen) atoms. The fourth-order valence-corrected chi connectivity index (χ4v) is 1.47. The molecule has 0 bridgehead atoms. The topological polar surface area (TPSA) is 39.1 Å². The van der Waals surface area contributed by atoms with Gasteiger partial charge in [-0.25, -0.2) is 0 Å². The molecule has 0 radical (unpaired) electrons. The van der Waals surface area contributed by atoms with Gasteiger partial charge in [-0.1, -0.05) is 12.8 Å². The van der Waals surface area contributed by atoms with Crippen molar-refractivity contribution >= 4 is 17.7 Å². The third-order valence-corrected chi connectivity index (χ3v) is 2.19. The quantitative estimate of drug-likeness (QED) is 0.333. The molecule has 1 rings (SSSR count). The molecule has 1 saturated heterocycles. The van der Waals surface area contributed by atoms with Gasteiger partial charge in [-0.2, -0.15) is 0 Å². The van der Waals surface area contributed by atoms with E-state index in [0.717, 1.165) is 13.1 Å². The molecule has 1 aliphatic rings. The van der Waals surface area contributed by atoms with Crippen molar-refractivity contribution in [3.8, 4) is 0 Å². The summed E-state index contributed by atoms with van der Waals surface area (Å²) in [6.45, 7) is 1.94. The van der Waals surface area contributed by atoms with E-state index in [9.17, 15) is 0 Å². The minimum Gasteiger partial charge on any atom is -0.342 e. The molecular formula is C7H14ClN3. The summed E-state index contributed by atoms with van der Waals surface area (Å²) in [4.78, 5) is 4.33. The van der Waals surface area contributed by atoms with Crippen LogP contribution in [0, 0.1) is 5.41 Å². The average Bonchev–Trinajstić information content (AvgIpc) is 2.30. The van der Waals surface area contributed by atoms with E-state index in [2.05, 4.69) is 4.84 Å². The first-order valence-electron chi connectivity index (χ1n) is 4.05. The highest BCUT2D eigenvalue weighted by molar-refractivity contribution is 6.21. The molecule has 4 heteroatoms. The molecule has 0 atom stereocenters. The van der Waals surface area contributed by atoms with Crippen LogP contribution in [0.3, 0.4) is 0 Å². The zero-order valence-electron chi connectivity index (χ0n) is 6.57. The van der Waals surface area contributed by atoms with Crippen LogP contribution in [0.1, 0.15) is 25.7 Å². The van der Waals surface area contributed by atoms with Gasteiger partial charge in [-0.15, -0.1) is 0 Å². The van der Waals surface area contributed by atoms with Crippen molar-refractivity contribution in [1.29, 1.82) is 5.41 Å². The molecule has 3 nitrogen and oxygen atoms in total. The Morgan fingerprint density at radius 2 is 1.73 bits per heavy atom. The van der Waals surface area contributed by atoms with Crippen molar-refractivity contribution in [2.45, 2.75) is 25.7 Å². The third kappa shape index (κ3) is 2.58. The zero-order chi connectivity index (χ0) is 8.10. The van der Waals surface area contributed by atoms with E-state index >= 15 is 0 Å². The van der Waals surface area contributed by atoms with Gasteiger partial charge in [0.2, 0.25) is 5.96 Å². The maximum Gasteiger partial charge on any atom is 0.205 e. The summed E-state index contributed by atoms with van der Waals surface area (Å²) in [7, 11) is 0. The fraction of sp³-hybridized carbons (Fsp3) is 0.857. The normalized spacial score (nSPS) is 19.2. The standard InChI is InChI=1S/C7H14ClN3/c8-10-7(9)11-5-3-1-2-4-6-11/h1-6H2,(H2,9,10). The molecule has 0 amide bonds. The Hall–Kier alpha value is -0.440. The number of rotatable bonds is 0. The number of hydrogen-bond donors (Lipinski definition) is 2. The molecule has 0 saturated carbocycles. The number of nitrogens with one attached hydrogen (secondary N) is 2. The SMILES string of the molecule is N=C(NCl)N1CCCCCC1. The minimum absolute atomic E-state index is 0.341. The molecule has 1 aliphatic heterocycles. The Morgan fingerprint density at radius 1 is 1.18 bits per heavy atom. The van der Waals surface area contributed by atoms with Gasteiger partial charge in [0.25, 0.3) is 0 Å². The van der Waals surface area contributed by atoms with E-state index in [1.807, 2.05) is 4.90 Å². The third-order valence-electron chi connectivity index (χ3n) is 2.01. The first-order chi connectivity index (χ1) is 5.34. The number of halogens is 1. The molecule has 0 unspecified atom stereocenters. The van der Waals surface area contributed by atoms with Crippen LogP contribution in [-0.2, 0) is 0 Å². The maximum atomic E-state index is 7.41. The molecule has 1 fully saturated rings. The second kappa shape index (κ2) is 4.44. The Morgan fingerprint density at radius 3 is 2.18 bits per heavy atom. The lowest BCUT2D eigenvalue weighted by Gasteiger charge is -2.20. The highest BCUT2D eigenvalue weighted by Gasteiger charge is 2.10. The van der Waals surface area contributed by atoms with Crippen molar-refractivity contribution in [2.24, 2.45) is 0 Å². The van der Waals surface area contributed by atoms with Gasteiger partial charge in [0.1, 0.15) is 0 Å². The van der Waals surface area contributed by atoms with Crippen LogP contribution >= 0.6 is 11.8 Å². The molecule has 0 aromatic heterocycles. The maximum absolute atomic E-state index is 7.41. The summed E-state index contributed by atoms with van der Waals surface area (Å²) < 4.78 is 0. The van der Waals surface area contributed by atoms with Crippen LogP contribution in [-0.4, -0.2) is 23.9 Å². The second-order valence-corrected chi connectivity index (χ2v) is 3.03. The van der Waals surface area contributed by atoms with Gasteiger partial charge < -0.3 is 4.90 Å². The van der Waals surface area contributed by atoms with Gasteiger partial charge in [0.05, 0.1) is 0 Å². The van der Waals surface area contributed by atoms with Gasteiger partial charge in [0.15, 0.2) is 0 Å². The number of guanidine groups is 1. The molecule has 0 aromatic rings. The largest absolute Gasteiger partial charge is 0.342 e. The van der Waals surface area contributed by atoms with E-state index in [1.165, 1.54) is 25.7 Å². The summed E-state index contributed by atoms with van der Waals surface area (Å²) in [6, 6.07) is 0. The van der Waals surface area contributed by atoms with Crippen LogP contribution < -0.4 is 4.84 Å². The van der Waals surface area contributed by atoms with Gasteiger partial charge >= 0.3 is 0 Å². The zero-order valence-corrected chi connectivity index (χ0v) is 7.32. The summed E-state index contributed by atoms with van der Waals surface area (Å²) in [5.41, 5.74) is 0. The van der Waals surface area contributed by atoms with E-state index in [-0.39, 0.29) is 0 Å². The average molecular weight is 176 g/mol. The summed E-state index contributed by atoms with van der Waals surface area (Å²) in [5.74, 6) is 0.341. The van der Waals surface area contributed by atoms with Crippen molar-refractivity contribution in [2.75, 3.05) is 13.1 Å². The summed E-state index contributed by atoms with van der Waals surface area (Å²) >= 11 is 5.32. The second-order valence-electron chi connectivity index (χ2n) is 2.84. The first-order valence-corrected chi connectivity index (χ1v) is 4.42. The number of nitrogens with zero attached hydrogens (tertiary/aromatic N) is 1. The Labute approximate surface area is 72.3 Å². The van der Waals surface area contributed by atoms with E-state index in [0.29, 0.717) is 5.96 Å². The Bertz CT molecular complexity index is 130. The van der Waals surface area contributed by atoms with Crippen molar-refractivity contribution in [1.82, 2.24) is 9.74 Å². The molecule has 2 N–H and O–H groups in total. The van der Waals surface area contributed by atoms with Crippen LogP contribution in [0.15, 0.2) is 0 Å². The van der Waals surface area contributed by atoms with Gasteiger partial charge in [0, 0.05) is 24.9 Å². The predicted octanol–water partition coefficient (Wildman–Crippen LogP) is 1.54. The van der Waals surface area contributed by atoms with Crippen LogP contribution in [0.2, 0.25) is 0 Å². The summed E-state index contributed by atoms with van der Waals surface area (Å²) in [6.07, 6.45) is 4.93. The van der Waals surface area contributed by atoms with Crippen LogP contribution in [0.25, 0.3) is 0 Å². The molecule has 0 aromatic carbocycles.